The Morgan fingerprint density at radius 1 is 1.58 bits per heavy atom. The van der Waals surface area contributed by atoms with Gasteiger partial charge in [-0.2, -0.15) is 5.26 Å². The fourth-order valence-electron chi connectivity index (χ4n) is 0.771. The van der Waals surface area contributed by atoms with Gasteiger partial charge in [-0.3, -0.25) is 0 Å². The smallest absolute Gasteiger partial charge is 0.144 e. The van der Waals surface area contributed by atoms with E-state index in [1.54, 1.807) is 6.07 Å². The summed E-state index contributed by atoms with van der Waals surface area (Å²) in [4.78, 5) is 0. The summed E-state index contributed by atoms with van der Waals surface area (Å²) < 4.78 is 17.6. The molecule has 0 aromatic heterocycles. The molecule has 0 amide bonds. The molecule has 0 N–H and O–H groups in total. The highest BCUT2D eigenvalue weighted by atomic mass is 35.5. The molecule has 0 saturated carbocycles. The molecular formula is C8H5ClFNO. The summed E-state index contributed by atoms with van der Waals surface area (Å²) in [6.45, 7) is 0. The van der Waals surface area contributed by atoms with Crippen LogP contribution in [-0.2, 0) is 0 Å². The van der Waals surface area contributed by atoms with Crippen LogP contribution in [-0.4, -0.2) is 7.11 Å². The van der Waals surface area contributed by atoms with Crippen molar-refractivity contribution in [1.29, 1.82) is 5.26 Å². The summed E-state index contributed by atoms with van der Waals surface area (Å²) in [5.74, 6) is -0.396. The molecule has 0 aliphatic heterocycles. The van der Waals surface area contributed by atoms with E-state index in [-0.39, 0.29) is 16.3 Å². The monoisotopic (exact) mass is 185 g/mol. The highest BCUT2D eigenvalue weighted by Crippen LogP contribution is 2.26. The first-order valence-corrected chi connectivity index (χ1v) is 3.50. The van der Waals surface area contributed by atoms with Crippen LogP contribution in [0.1, 0.15) is 5.56 Å². The largest absolute Gasteiger partial charge is 0.495 e. The van der Waals surface area contributed by atoms with Crippen molar-refractivity contribution in [2.45, 2.75) is 0 Å². The Labute approximate surface area is 74.1 Å². The van der Waals surface area contributed by atoms with Gasteiger partial charge in [0.1, 0.15) is 17.6 Å². The number of ether oxygens (including phenoxy) is 1. The first kappa shape index (κ1) is 8.82. The highest BCUT2D eigenvalue weighted by Gasteiger charge is 2.07. The fourth-order valence-corrected chi connectivity index (χ4v) is 1.01. The average molecular weight is 186 g/mol. The van der Waals surface area contributed by atoms with E-state index in [9.17, 15) is 4.39 Å². The van der Waals surface area contributed by atoms with Gasteiger partial charge in [0, 0.05) is 6.07 Å². The molecule has 2 nitrogen and oxygen atoms in total. The molecule has 0 saturated heterocycles. The lowest BCUT2D eigenvalue weighted by atomic mass is 10.2. The second-order valence-electron chi connectivity index (χ2n) is 2.08. The zero-order valence-electron chi connectivity index (χ0n) is 6.27. The normalized spacial score (nSPS) is 9.17. The fraction of sp³-hybridized carbons (Fsp3) is 0.125. The predicted octanol–water partition coefficient (Wildman–Crippen LogP) is 2.36. The van der Waals surface area contributed by atoms with Gasteiger partial charge in [-0.15, -0.1) is 0 Å². The number of halogens is 2. The van der Waals surface area contributed by atoms with E-state index in [1.165, 1.54) is 13.2 Å². The van der Waals surface area contributed by atoms with Crippen molar-refractivity contribution in [3.8, 4) is 11.8 Å². The zero-order valence-corrected chi connectivity index (χ0v) is 7.02. The highest BCUT2D eigenvalue weighted by molar-refractivity contribution is 6.32. The van der Waals surface area contributed by atoms with Gasteiger partial charge in [0.25, 0.3) is 0 Å². The molecule has 1 rings (SSSR count). The van der Waals surface area contributed by atoms with Crippen LogP contribution >= 0.6 is 11.6 Å². The van der Waals surface area contributed by atoms with Crippen LogP contribution in [0.5, 0.6) is 5.75 Å². The van der Waals surface area contributed by atoms with Crippen molar-refractivity contribution in [2.24, 2.45) is 0 Å². The first-order valence-electron chi connectivity index (χ1n) is 3.12. The minimum atomic E-state index is -0.626. The van der Waals surface area contributed by atoms with Crippen LogP contribution in [0, 0.1) is 17.1 Å². The molecule has 0 bridgehead atoms. The number of hydrogen-bond donors (Lipinski definition) is 0. The summed E-state index contributed by atoms with van der Waals surface area (Å²) in [7, 11) is 1.38. The minimum absolute atomic E-state index is 0.0826. The number of rotatable bonds is 1. The maximum absolute atomic E-state index is 12.9. The van der Waals surface area contributed by atoms with Crippen LogP contribution in [0.25, 0.3) is 0 Å². The van der Waals surface area contributed by atoms with E-state index < -0.39 is 5.82 Å². The molecule has 0 aliphatic carbocycles. The van der Waals surface area contributed by atoms with Crippen molar-refractivity contribution in [1.82, 2.24) is 0 Å². The van der Waals surface area contributed by atoms with Gasteiger partial charge < -0.3 is 4.74 Å². The van der Waals surface area contributed by atoms with E-state index >= 15 is 0 Å². The lowest BCUT2D eigenvalue weighted by Gasteiger charge is -2.02. The summed E-state index contributed by atoms with van der Waals surface area (Å²) in [6, 6.07) is 3.99. The number of nitriles is 1. The Kier molecular flexibility index (Phi) is 2.51. The van der Waals surface area contributed by atoms with Gasteiger partial charge in [-0.25, -0.2) is 4.39 Å². The third kappa shape index (κ3) is 1.49. The number of benzene rings is 1. The molecule has 0 aliphatic rings. The Balaban J connectivity index is 3.28. The van der Waals surface area contributed by atoms with Crippen molar-refractivity contribution in [3.63, 3.8) is 0 Å². The molecular weight excluding hydrogens is 181 g/mol. The van der Waals surface area contributed by atoms with Gasteiger partial charge in [0.15, 0.2) is 0 Å². The van der Waals surface area contributed by atoms with E-state index in [0.717, 1.165) is 6.07 Å². The minimum Gasteiger partial charge on any atom is -0.495 e. The molecule has 12 heavy (non-hydrogen) atoms. The first-order chi connectivity index (χ1) is 5.69. The molecule has 1 aromatic rings. The third-order valence-corrected chi connectivity index (χ3v) is 1.66. The van der Waals surface area contributed by atoms with Crippen LogP contribution < -0.4 is 4.74 Å². The van der Waals surface area contributed by atoms with Gasteiger partial charge in [-0.05, 0) is 6.07 Å². The lowest BCUT2D eigenvalue weighted by molar-refractivity contribution is 0.411. The van der Waals surface area contributed by atoms with Crippen molar-refractivity contribution in [3.05, 3.63) is 28.5 Å². The predicted molar refractivity (Wildman–Crippen MR) is 42.7 cm³/mol. The van der Waals surface area contributed by atoms with E-state index in [1.807, 2.05) is 0 Å². The molecule has 62 valence electrons. The Bertz CT molecular complexity index is 345. The number of nitrogens with zero attached hydrogens (tertiary/aromatic N) is 1. The standard InChI is InChI=1S/C8H5ClFNO/c1-12-8-3-7(10)5(4-11)2-6(8)9/h2-3H,1H3. The molecule has 0 heterocycles. The van der Waals surface area contributed by atoms with Crippen LogP contribution in [0.3, 0.4) is 0 Å². The van der Waals surface area contributed by atoms with Gasteiger partial charge >= 0.3 is 0 Å². The summed E-state index contributed by atoms with van der Waals surface area (Å²) >= 11 is 5.64. The van der Waals surface area contributed by atoms with Crippen molar-refractivity contribution >= 4 is 11.6 Å². The molecule has 0 radical (unpaired) electrons. The second-order valence-corrected chi connectivity index (χ2v) is 2.49. The molecule has 0 spiro atoms. The van der Waals surface area contributed by atoms with Crippen LogP contribution in [0.4, 0.5) is 4.39 Å². The summed E-state index contributed by atoms with van der Waals surface area (Å²) in [5, 5.41) is 8.65. The zero-order chi connectivity index (χ0) is 9.14. The summed E-state index contributed by atoms with van der Waals surface area (Å²) in [6.07, 6.45) is 0. The molecule has 0 unspecified atom stereocenters. The Hall–Kier alpha value is -1.27. The van der Waals surface area contributed by atoms with Gasteiger partial charge in [-0.1, -0.05) is 11.6 Å². The SMILES string of the molecule is COc1cc(F)c(C#N)cc1Cl. The van der Waals surface area contributed by atoms with E-state index in [0.29, 0.717) is 0 Å². The molecule has 0 fully saturated rings. The van der Waals surface area contributed by atoms with Crippen LogP contribution in [0.2, 0.25) is 5.02 Å². The quantitative estimate of drug-likeness (QED) is 0.673. The van der Waals surface area contributed by atoms with Crippen LogP contribution in [0.15, 0.2) is 12.1 Å². The maximum Gasteiger partial charge on any atom is 0.144 e. The van der Waals surface area contributed by atoms with Gasteiger partial charge in [0.05, 0.1) is 17.7 Å². The topological polar surface area (TPSA) is 33.0 Å². The van der Waals surface area contributed by atoms with E-state index in [2.05, 4.69) is 0 Å². The molecule has 1 aromatic carbocycles. The third-order valence-electron chi connectivity index (χ3n) is 1.36. The molecule has 4 heteroatoms. The van der Waals surface area contributed by atoms with Crippen molar-refractivity contribution < 1.29 is 9.13 Å². The Morgan fingerprint density at radius 2 is 2.25 bits per heavy atom. The summed E-state index contributed by atoms with van der Waals surface area (Å²) in [5.41, 5.74) is -0.0826. The van der Waals surface area contributed by atoms with E-state index in [4.69, 9.17) is 21.6 Å². The Morgan fingerprint density at radius 3 is 2.75 bits per heavy atom. The average Bonchev–Trinajstić information content (AvgIpc) is 2.08. The second kappa shape index (κ2) is 3.42. The maximum atomic E-state index is 12.9. The number of hydrogen-bond acceptors (Lipinski definition) is 2. The van der Waals surface area contributed by atoms with Crippen molar-refractivity contribution in [2.75, 3.05) is 7.11 Å². The molecule has 0 atom stereocenters. The lowest BCUT2D eigenvalue weighted by Crippen LogP contribution is -1.89. The number of methoxy groups -OCH3 is 1. The van der Waals surface area contributed by atoms with Gasteiger partial charge in [0.2, 0.25) is 0 Å².